The summed E-state index contributed by atoms with van der Waals surface area (Å²) >= 11 is 1.58. The Morgan fingerprint density at radius 2 is 2.12 bits per heavy atom. The zero-order valence-electron chi connectivity index (χ0n) is 10.9. The number of carbonyl (C=O) groups is 1. The minimum Gasteiger partial charge on any atom is -0.333 e. The van der Waals surface area contributed by atoms with Gasteiger partial charge in [-0.05, 0) is 39.2 Å². The lowest BCUT2D eigenvalue weighted by molar-refractivity contribution is -0.132. The maximum absolute atomic E-state index is 12.2. The highest BCUT2D eigenvalue weighted by atomic mass is 32.2. The molecule has 1 aromatic heterocycles. The van der Waals surface area contributed by atoms with Crippen LogP contribution in [0.25, 0.3) is 0 Å². The molecule has 17 heavy (non-hydrogen) atoms. The van der Waals surface area contributed by atoms with Crippen molar-refractivity contribution in [3.63, 3.8) is 0 Å². The third-order valence-corrected chi connectivity index (χ3v) is 3.57. The number of rotatable bonds is 5. The summed E-state index contributed by atoms with van der Waals surface area (Å²) in [6.07, 6.45) is 3.72. The molecule has 0 saturated carbocycles. The van der Waals surface area contributed by atoms with E-state index in [1.54, 1.807) is 18.0 Å². The van der Waals surface area contributed by atoms with Crippen LogP contribution in [0.3, 0.4) is 0 Å². The van der Waals surface area contributed by atoms with Crippen LogP contribution in [0.4, 0.5) is 0 Å². The summed E-state index contributed by atoms with van der Waals surface area (Å²) in [5.74, 6) is 0.179. The van der Waals surface area contributed by atoms with E-state index in [0.717, 1.165) is 5.69 Å². The second kappa shape index (κ2) is 6.64. The second-order valence-corrected chi connectivity index (χ2v) is 5.44. The smallest absolute Gasteiger partial charge is 0.235 e. The first-order valence-corrected chi connectivity index (χ1v) is 7.08. The van der Waals surface area contributed by atoms with E-state index in [0.29, 0.717) is 6.54 Å². The summed E-state index contributed by atoms with van der Waals surface area (Å²) in [5, 5.41) is 0.00103. The van der Waals surface area contributed by atoms with E-state index in [-0.39, 0.29) is 17.2 Å². The van der Waals surface area contributed by atoms with Crippen LogP contribution in [-0.4, -0.2) is 33.3 Å². The van der Waals surface area contributed by atoms with Crippen LogP contribution in [0.1, 0.15) is 26.5 Å². The van der Waals surface area contributed by atoms with Crippen molar-refractivity contribution >= 4 is 17.7 Å². The van der Waals surface area contributed by atoms with Gasteiger partial charge in [0.15, 0.2) is 0 Å². The molecular formula is C13H20N2OS. The van der Waals surface area contributed by atoms with Gasteiger partial charge in [0.1, 0.15) is 0 Å². The Hall–Kier alpha value is -1.03. The fourth-order valence-electron chi connectivity index (χ4n) is 1.52. The van der Waals surface area contributed by atoms with Crippen molar-refractivity contribution in [2.45, 2.75) is 38.6 Å². The van der Waals surface area contributed by atoms with E-state index in [9.17, 15) is 4.79 Å². The fourth-order valence-corrected chi connectivity index (χ4v) is 1.85. The molecule has 0 radical (unpaired) electrons. The molecule has 1 amide bonds. The Morgan fingerprint density at radius 3 is 2.59 bits per heavy atom. The van der Waals surface area contributed by atoms with Crippen LogP contribution in [0.5, 0.6) is 0 Å². The molecule has 1 aromatic rings. The van der Waals surface area contributed by atoms with Gasteiger partial charge in [-0.1, -0.05) is 6.07 Å². The number of pyridine rings is 1. The number of carbonyl (C=O) groups excluding carboxylic acids is 1. The van der Waals surface area contributed by atoms with Crippen LogP contribution in [0.15, 0.2) is 24.4 Å². The normalized spacial score (nSPS) is 12.5. The number of aromatic nitrogens is 1. The topological polar surface area (TPSA) is 33.2 Å². The first kappa shape index (κ1) is 14.0. The van der Waals surface area contributed by atoms with Crippen molar-refractivity contribution < 1.29 is 4.79 Å². The Balaban J connectivity index is 2.77. The Bertz CT molecular complexity index is 354. The van der Waals surface area contributed by atoms with Crippen LogP contribution in [-0.2, 0) is 11.3 Å². The minimum absolute atomic E-state index is 0.00103. The number of thioether (sulfide) groups is 1. The van der Waals surface area contributed by atoms with Crippen molar-refractivity contribution in [3.8, 4) is 0 Å². The molecule has 0 fully saturated rings. The van der Waals surface area contributed by atoms with Gasteiger partial charge in [0.2, 0.25) is 5.91 Å². The van der Waals surface area contributed by atoms with Crippen molar-refractivity contribution in [2.24, 2.45) is 0 Å². The molecule has 94 valence electrons. The molecule has 0 saturated heterocycles. The van der Waals surface area contributed by atoms with Crippen molar-refractivity contribution in [2.75, 3.05) is 6.26 Å². The zero-order chi connectivity index (χ0) is 12.8. The number of hydrogen-bond donors (Lipinski definition) is 0. The van der Waals surface area contributed by atoms with E-state index in [4.69, 9.17) is 0 Å². The lowest BCUT2D eigenvalue weighted by atomic mass is 10.2. The summed E-state index contributed by atoms with van der Waals surface area (Å²) in [6.45, 7) is 6.60. The third-order valence-electron chi connectivity index (χ3n) is 2.67. The molecule has 4 heteroatoms. The highest BCUT2D eigenvalue weighted by Crippen LogP contribution is 2.14. The second-order valence-electron chi connectivity index (χ2n) is 4.26. The molecule has 0 bridgehead atoms. The lowest BCUT2D eigenvalue weighted by Crippen LogP contribution is -2.40. The van der Waals surface area contributed by atoms with Crippen LogP contribution >= 0.6 is 11.8 Å². The average molecular weight is 252 g/mol. The molecule has 1 atom stereocenters. The molecule has 1 heterocycles. The number of nitrogens with zero attached hydrogens (tertiary/aromatic N) is 2. The molecule has 0 aliphatic carbocycles. The highest BCUT2D eigenvalue weighted by molar-refractivity contribution is 7.99. The quantitative estimate of drug-likeness (QED) is 0.807. The first-order valence-electron chi connectivity index (χ1n) is 5.79. The van der Waals surface area contributed by atoms with E-state index in [2.05, 4.69) is 4.98 Å². The van der Waals surface area contributed by atoms with Crippen LogP contribution in [0.2, 0.25) is 0 Å². The standard InChI is InChI=1S/C13H20N2OS/c1-10(2)15(13(16)11(3)17-4)9-12-7-5-6-8-14-12/h5-8,10-11H,9H2,1-4H3/t11-/m1/s1. The van der Waals surface area contributed by atoms with Crippen molar-refractivity contribution in [1.29, 1.82) is 0 Å². The molecule has 0 spiro atoms. The molecule has 0 aliphatic rings. The summed E-state index contributed by atoms with van der Waals surface area (Å²) in [7, 11) is 0. The summed E-state index contributed by atoms with van der Waals surface area (Å²) in [5.41, 5.74) is 0.933. The van der Waals surface area contributed by atoms with Gasteiger partial charge in [0, 0.05) is 12.2 Å². The van der Waals surface area contributed by atoms with E-state index in [1.165, 1.54) is 0 Å². The van der Waals surface area contributed by atoms with E-state index in [1.807, 2.05) is 50.1 Å². The monoisotopic (exact) mass is 252 g/mol. The molecule has 0 unspecified atom stereocenters. The van der Waals surface area contributed by atoms with Gasteiger partial charge in [-0.25, -0.2) is 0 Å². The average Bonchev–Trinajstić information content (AvgIpc) is 2.35. The van der Waals surface area contributed by atoms with Gasteiger partial charge >= 0.3 is 0 Å². The van der Waals surface area contributed by atoms with E-state index >= 15 is 0 Å². The summed E-state index contributed by atoms with van der Waals surface area (Å²) < 4.78 is 0. The van der Waals surface area contributed by atoms with Crippen LogP contribution in [0, 0.1) is 0 Å². The highest BCUT2D eigenvalue weighted by Gasteiger charge is 2.22. The van der Waals surface area contributed by atoms with Gasteiger partial charge < -0.3 is 4.90 Å². The number of hydrogen-bond acceptors (Lipinski definition) is 3. The van der Waals surface area contributed by atoms with Gasteiger partial charge in [-0.15, -0.1) is 0 Å². The molecule has 0 aliphatic heterocycles. The Kier molecular flexibility index (Phi) is 5.48. The largest absolute Gasteiger partial charge is 0.333 e. The van der Waals surface area contributed by atoms with Crippen molar-refractivity contribution in [3.05, 3.63) is 30.1 Å². The minimum atomic E-state index is 0.00103. The molecule has 1 rings (SSSR count). The van der Waals surface area contributed by atoms with Gasteiger partial charge in [0.05, 0.1) is 17.5 Å². The van der Waals surface area contributed by atoms with Crippen molar-refractivity contribution in [1.82, 2.24) is 9.88 Å². The van der Waals surface area contributed by atoms with E-state index < -0.39 is 0 Å². The zero-order valence-corrected chi connectivity index (χ0v) is 11.7. The molecular weight excluding hydrogens is 232 g/mol. The summed E-state index contributed by atoms with van der Waals surface area (Å²) in [6, 6.07) is 5.98. The first-order chi connectivity index (χ1) is 8.06. The molecule has 0 aromatic carbocycles. The number of amides is 1. The fraction of sp³-hybridized carbons (Fsp3) is 0.538. The third kappa shape index (κ3) is 4.04. The predicted molar refractivity (Wildman–Crippen MR) is 72.9 cm³/mol. The van der Waals surface area contributed by atoms with Gasteiger partial charge in [-0.3, -0.25) is 9.78 Å². The molecule has 3 nitrogen and oxygen atoms in total. The molecule has 0 N–H and O–H groups in total. The maximum Gasteiger partial charge on any atom is 0.235 e. The van der Waals surface area contributed by atoms with Gasteiger partial charge in [-0.2, -0.15) is 11.8 Å². The van der Waals surface area contributed by atoms with Crippen LogP contribution < -0.4 is 0 Å². The maximum atomic E-state index is 12.2. The SMILES string of the molecule is CS[C@H](C)C(=O)N(Cc1ccccn1)C(C)C. The van der Waals surface area contributed by atoms with Gasteiger partial charge in [0.25, 0.3) is 0 Å². The summed E-state index contributed by atoms with van der Waals surface area (Å²) in [4.78, 5) is 18.3. The lowest BCUT2D eigenvalue weighted by Gasteiger charge is -2.28. The Morgan fingerprint density at radius 1 is 1.41 bits per heavy atom. The Labute approximate surface area is 108 Å². The predicted octanol–water partition coefficient (Wildman–Crippen LogP) is 2.57.